The second-order valence-corrected chi connectivity index (χ2v) is 8.57. The summed E-state index contributed by atoms with van der Waals surface area (Å²) in [6, 6.07) is 0. The van der Waals surface area contributed by atoms with Crippen LogP contribution in [0.3, 0.4) is 0 Å². The Bertz CT molecular complexity index is 503. The van der Waals surface area contributed by atoms with Gasteiger partial charge >= 0.3 is 19.8 Å². The zero-order chi connectivity index (χ0) is 22.7. The average Bonchev–Trinajstić information content (AvgIpc) is 2.72. The molecular formula is C20H40NO8P. The molecule has 0 bridgehead atoms. The predicted molar refractivity (Wildman–Crippen MR) is 114 cm³/mol. The summed E-state index contributed by atoms with van der Waals surface area (Å²) >= 11 is 0. The number of carbonyl (C=O) groups excluding carboxylic acids is 2. The third-order valence-electron chi connectivity index (χ3n) is 4.30. The van der Waals surface area contributed by atoms with E-state index in [2.05, 4.69) is 11.4 Å². The van der Waals surface area contributed by atoms with Gasteiger partial charge in [0.25, 0.3) is 0 Å². The van der Waals surface area contributed by atoms with Crippen LogP contribution >= 0.6 is 7.82 Å². The number of rotatable bonds is 20. The molecule has 0 saturated heterocycles. The van der Waals surface area contributed by atoms with E-state index in [1.54, 1.807) is 6.92 Å². The van der Waals surface area contributed by atoms with Crippen molar-refractivity contribution in [2.24, 2.45) is 5.73 Å². The van der Waals surface area contributed by atoms with E-state index in [4.69, 9.17) is 19.7 Å². The molecule has 0 saturated carbocycles. The lowest BCUT2D eigenvalue weighted by Gasteiger charge is -2.19. The Kier molecular flexibility index (Phi) is 18.1. The fraction of sp³-hybridized carbons (Fsp3) is 0.900. The van der Waals surface area contributed by atoms with Crippen LogP contribution in [0.1, 0.15) is 84.5 Å². The van der Waals surface area contributed by atoms with E-state index in [9.17, 15) is 19.0 Å². The largest absolute Gasteiger partial charge is 0.472 e. The molecule has 30 heavy (non-hydrogen) atoms. The van der Waals surface area contributed by atoms with Gasteiger partial charge in [0.15, 0.2) is 6.10 Å². The standard InChI is InChI=1S/C20H40NO8P/c1-3-5-6-7-8-9-10-11-12-13-20(23)26-16-18(29-19(22)4-2)17-28-30(24,25)27-15-14-21/h18H,3-17,21H2,1-2H3,(H,24,25)/t18-/m1/s1. The number of unbranched alkanes of at least 4 members (excludes halogenated alkanes) is 8. The topological polar surface area (TPSA) is 134 Å². The van der Waals surface area contributed by atoms with Crippen molar-refractivity contribution in [1.82, 2.24) is 0 Å². The van der Waals surface area contributed by atoms with Crippen molar-refractivity contribution in [1.29, 1.82) is 0 Å². The highest BCUT2D eigenvalue weighted by atomic mass is 31.2. The minimum atomic E-state index is -4.31. The molecule has 9 nitrogen and oxygen atoms in total. The third kappa shape index (κ3) is 17.8. The molecule has 0 amide bonds. The molecule has 178 valence electrons. The summed E-state index contributed by atoms with van der Waals surface area (Å²) in [5.74, 6) is -0.934. The van der Waals surface area contributed by atoms with E-state index >= 15 is 0 Å². The normalized spacial score (nSPS) is 14.1. The minimum Gasteiger partial charge on any atom is -0.462 e. The van der Waals surface area contributed by atoms with E-state index < -0.39 is 32.5 Å². The van der Waals surface area contributed by atoms with Gasteiger partial charge in [0.05, 0.1) is 13.2 Å². The molecule has 0 fully saturated rings. The molecular weight excluding hydrogens is 413 g/mol. The van der Waals surface area contributed by atoms with Gasteiger partial charge in [-0.25, -0.2) is 4.57 Å². The second kappa shape index (κ2) is 18.8. The van der Waals surface area contributed by atoms with E-state index in [0.29, 0.717) is 0 Å². The SMILES string of the molecule is CCCCCCCCCCCC(=O)OC[C@H](COP(=O)(O)OCCN)OC(=O)CC. The highest BCUT2D eigenvalue weighted by Gasteiger charge is 2.25. The summed E-state index contributed by atoms with van der Waals surface area (Å²) in [6.07, 6.45) is 9.72. The zero-order valence-electron chi connectivity index (χ0n) is 18.5. The number of ether oxygens (including phenoxy) is 2. The lowest BCUT2D eigenvalue weighted by molar-refractivity contribution is -0.161. The van der Waals surface area contributed by atoms with Crippen LogP contribution in [-0.4, -0.2) is 49.3 Å². The molecule has 0 spiro atoms. The first-order valence-corrected chi connectivity index (χ1v) is 12.5. The monoisotopic (exact) mass is 453 g/mol. The van der Waals surface area contributed by atoms with Crippen molar-refractivity contribution in [3.63, 3.8) is 0 Å². The Labute approximate surface area is 180 Å². The second-order valence-electron chi connectivity index (χ2n) is 7.11. The van der Waals surface area contributed by atoms with Crippen LogP contribution in [0.4, 0.5) is 0 Å². The molecule has 10 heteroatoms. The number of phosphoric acid groups is 1. The lowest BCUT2D eigenvalue weighted by atomic mass is 10.1. The van der Waals surface area contributed by atoms with Crippen molar-refractivity contribution in [3.8, 4) is 0 Å². The highest BCUT2D eigenvalue weighted by Crippen LogP contribution is 2.43. The molecule has 3 N–H and O–H groups in total. The van der Waals surface area contributed by atoms with Gasteiger partial charge in [0.2, 0.25) is 0 Å². The summed E-state index contributed by atoms with van der Waals surface area (Å²) in [5.41, 5.74) is 5.21. The Morgan fingerprint density at radius 1 is 0.900 bits per heavy atom. The predicted octanol–water partition coefficient (Wildman–Crippen LogP) is 3.86. The molecule has 0 aromatic rings. The number of carbonyl (C=O) groups is 2. The number of esters is 2. The van der Waals surface area contributed by atoms with Crippen LogP contribution in [0.15, 0.2) is 0 Å². The molecule has 0 aromatic heterocycles. The first-order valence-electron chi connectivity index (χ1n) is 11.0. The van der Waals surface area contributed by atoms with E-state index in [1.165, 1.54) is 38.5 Å². The number of phosphoric ester groups is 1. The van der Waals surface area contributed by atoms with Gasteiger partial charge < -0.3 is 20.1 Å². The molecule has 0 radical (unpaired) electrons. The summed E-state index contributed by atoms with van der Waals surface area (Å²) < 4.78 is 31.3. The van der Waals surface area contributed by atoms with E-state index in [1.807, 2.05) is 0 Å². The van der Waals surface area contributed by atoms with Crippen LogP contribution in [0, 0.1) is 0 Å². The number of hydrogen-bond donors (Lipinski definition) is 2. The minimum absolute atomic E-state index is 0.0542. The van der Waals surface area contributed by atoms with Crippen LogP contribution in [0.2, 0.25) is 0 Å². The molecule has 0 aliphatic carbocycles. The number of nitrogens with two attached hydrogens (primary N) is 1. The Morgan fingerprint density at radius 3 is 2.07 bits per heavy atom. The molecule has 0 rings (SSSR count). The summed E-state index contributed by atoms with van der Waals surface area (Å²) in [4.78, 5) is 32.9. The molecule has 0 aliphatic rings. The average molecular weight is 454 g/mol. The van der Waals surface area contributed by atoms with Gasteiger partial charge in [0, 0.05) is 19.4 Å². The first-order chi connectivity index (χ1) is 14.3. The molecule has 2 atom stereocenters. The highest BCUT2D eigenvalue weighted by molar-refractivity contribution is 7.47. The van der Waals surface area contributed by atoms with Gasteiger partial charge in [-0.3, -0.25) is 18.6 Å². The number of hydrogen-bond acceptors (Lipinski definition) is 8. The van der Waals surface area contributed by atoms with E-state index in [0.717, 1.165) is 19.3 Å². The third-order valence-corrected chi connectivity index (χ3v) is 5.28. The maximum atomic E-state index is 11.9. The van der Waals surface area contributed by atoms with Gasteiger partial charge in [-0.05, 0) is 6.42 Å². The van der Waals surface area contributed by atoms with Gasteiger partial charge in [-0.15, -0.1) is 0 Å². The van der Waals surface area contributed by atoms with Crippen molar-refractivity contribution in [2.75, 3.05) is 26.4 Å². The summed E-state index contributed by atoms with van der Waals surface area (Å²) in [5, 5.41) is 0. The zero-order valence-corrected chi connectivity index (χ0v) is 19.4. The van der Waals surface area contributed by atoms with Crippen LogP contribution < -0.4 is 5.73 Å². The summed E-state index contributed by atoms with van der Waals surface area (Å²) in [7, 11) is -4.31. The van der Waals surface area contributed by atoms with Crippen LogP contribution in [0.5, 0.6) is 0 Å². The fourth-order valence-electron chi connectivity index (χ4n) is 2.61. The van der Waals surface area contributed by atoms with Crippen molar-refractivity contribution in [3.05, 3.63) is 0 Å². The van der Waals surface area contributed by atoms with Crippen molar-refractivity contribution < 1.29 is 37.6 Å². The van der Waals surface area contributed by atoms with Gasteiger partial charge in [0.1, 0.15) is 6.61 Å². The quantitative estimate of drug-likeness (QED) is 0.160. The maximum absolute atomic E-state index is 11.9. The van der Waals surface area contributed by atoms with E-state index in [-0.39, 0.29) is 32.6 Å². The van der Waals surface area contributed by atoms with Crippen molar-refractivity contribution in [2.45, 2.75) is 90.6 Å². The molecule has 0 aliphatic heterocycles. The van der Waals surface area contributed by atoms with Gasteiger partial charge in [-0.1, -0.05) is 65.2 Å². The fourth-order valence-corrected chi connectivity index (χ4v) is 3.37. The maximum Gasteiger partial charge on any atom is 0.472 e. The van der Waals surface area contributed by atoms with Crippen LogP contribution in [0.25, 0.3) is 0 Å². The first kappa shape index (κ1) is 29.0. The molecule has 0 heterocycles. The Hall–Kier alpha value is -0.990. The summed E-state index contributed by atoms with van der Waals surface area (Å²) in [6.45, 7) is 3.02. The molecule has 1 unspecified atom stereocenters. The van der Waals surface area contributed by atoms with Crippen LogP contribution in [-0.2, 0) is 32.7 Å². The van der Waals surface area contributed by atoms with Crippen molar-refractivity contribution >= 4 is 19.8 Å². The Morgan fingerprint density at radius 2 is 1.50 bits per heavy atom. The smallest absolute Gasteiger partial charge is 0.462 e. The Balaban J connectivity index is 4.10. The van der Waals surface area contributed by atoms with Gasteiger partial charge in [-0.2, -0.15) is 0 Å². The molecule has 0 aromatic carbocycles. The lowest BCUT2D eigenvalue weighted by Crippen LogP contribution is -2.29.